The van der Waals surface area contributed by atoms with Gasteiger partial charge in [-0.25, -0.2) is 4.39 Å². The maximum absolute atomic E-state index is 13.1. The van der Waals surface area contributed by atoms with E-state index >= 15 is 0 Å². The molecule has 0 unspecified atom stereocenters. The maximum atomic E-state index is 13.1. The molecule has 0 saturated heterocycles. The molecule has 0 aliphatic heterocycles. The van der Waals surface area contributed by atoms with Crippen molar-refractivity contribution in [3.8, 4) is 16.9 Å². The van der Waals surface area contributed by atoms with Crippen LogP contribution in [-0.2, 0) is 0 Å². The van der Waals surface area contributed by atoms with Crippen molar-refractivity contribution in [2.45, 2.75) is 0 Å². The monoisotopic (exact) mass is 208 g/mol. The minimum atomic E-state index is -0.327. The highest BCUT2D eigenvalue weighted by Crippen LogP contribution is 2.27. The molecule has 0 atom stereocenters. The van der Waals surface area contributed by atoms with Gasteiger partial charge in [0.2, 0.25) is 0 Å². The van der Waals surface area contributed by atoms with Gasteiger partial charge >= 0.3 is 0 Å². The molecule has 14 heavy (non-hydrogen) atoms. The lowest BCUT2D eigenvalue weighted by molar-refractivity contribution is 0.387. The van der Waals surface area contributed by atoms with Crippen molar-refractivity contribution in [1.82, 2.24) is 0 Å². The van der Waals surface area contributed by atoms with Gasteiger partial charge in [-0.3, -0.25) is 0 Å². The molecule has 2 aromatic rings. The quantitative estimate of drug-likeness (QED) is 0.733. The summed E-state index contributed by atoms with van der Waals surface area (Å²) in [7, 11) is 1.47. The van der Waals surface area contributed by atoms with Crippen LogP contribution in [0.15, 0.2) is 35.0 Å². The number of hydrogen-bond donors (Lipinski definition) is 0. The minimum absolute atomic E-state index is 0.286. The fourth-order valence-corrected chi connectivity index (χ4v) is 1.93. The summed E-state index contributed by atoms with van der Waals surface area (Å²) in [5.74, 6) is -0.0415. The standard InChI is InChI=1S/C11H9FOS/c1-13-11-6-8(2-3-10(11)12)9-4-5-14-7-9/h2-7H,1H3. The number of halogens is 1. The molecule has 0 bridgehead atoms. The number of thiophene rings is 1. The van der Waals surface area contributed by atoms with Gasteiger partial charge in [-0.1, -0.05) is 6.07 Å². The van der Waals surface area contributed by atoms with Crippen molar-refractivity contribution >= 4 is 11.3 Å². The van der Waals surface area contributed by atoms with Gasteiger partial charge in [0.15, 0.2) is 11.6 Å². The third-order valence-electron chi connectivity index (χ3n) is 2.01. The predicted molar refractivity (Wildman–Crippen MR) is 56.3 cm³/mol. The van der Waals surface area contributed by atoms with Gasteiger partial charge in [-0.2, -0.15) is 11.3 Å². The van der Waals surface area contributed by atoms with Crippen LogP contribution in [0, 0.1) is 5.82 Å². The Labute approximate surface area is 85.8 Å². The van der Waals surface area contributed by atoms with Crippen LogP contribution >= 0.6 is 11.3 Å². The number of benzene rings is 1. The normalized spacial score (nSPS) is 10.1. The Morgan fingerprint density at radius 3 is 2.71 bits per heavy atom. The molecule has 0 spiro atoms. The molecule has 1 aromatic heterocycles. The van der Waals surface area contributed by atoms with E-state index < -0.39 is 0 Å². The van der Waals surface area contributed by atoms with E-state index in [1.807, 2.05) is 16.8 Å². The van der Waals surface area contributed by atoms with E-state index in [2.05, 4.69) is 0 Å². The Kier molecular flexibility index (Phi) is 2.50. The molecule has 72 valence electrons. The van der Waals surface area contributed by atoms with E-state index in [1.165, 1.54) is 13.2 Å². The first-order chi connectivity index (χ1) is 6.81. The molecular weight excluding hydrogens is 199 g/mol. The van der Waals surface area contributed by atoms with Crippen LogP contribution in [0.1, 0.15) is 0 Å². The fraction of sp³-hybridized carbons (Fsp3) is 0.0909. The van der Waals surface area contributed by atoms with Crippen molar-refractivity contribution in [3.63, 3.8) is 0 Å². The topological polar surface area (TPSA) is 9.23 Å². The molecular formula is C11H9FOS. The van der Waals surface area contributed by atoms with Crippen LogP contribution in [0.5, 0.6) is 5.75 Å². The Bertz CT molecular complexity index is 423. The summed E-state index contributed by atoms with van der Waals surface area (Å²) in [6.45, 7) is 0. The average Bonchev–Trinajstić information content (AvgIpc) is 2.71. The van der Waals surface area contributed by atoms with Gasteiger partial charge in [0.25, 0.3) is 0 Å². The summed E-state index contributed by atoms with van der Waals surface area (Å²) in [6, 6.07) is 6.88. The number of hydrogen-bond acceptors (Lipinski definition) is 2. The summed E-state index contributed by atoms with van der Waals surface area (Å²) < 4.78 is 18.0. The van der Waals surface area contributed by atoms with Crippen LogP contribution in [-0.4, -0.2) is 7.11 Å². The van der Waals surface area contributed by atoms with E-state index in [4.69, 9.17) is 4.74 Å². The van der Waals surface area contributed by atoms with Crippen LogP contribution in [0.3, 0.4) is 0 Å². The smallest absolute Gasteiger partial charge is 0.165 e. The summed E-state index contributed by atoms with van der Waals surface area (Å²) in [4.78, 5) is 0. The minimum Gasteiger partial charge on any atom is -0.494 e. The molecule has 0 radical (unpaired) electrons. The van der Waals surface area contributed by atoms with Gasteiger partial charge in [0.1, 0.15) is 0 Å². The molecule has 1 heterocycles. The second kappa shape index (κ2) is 3.80. The number of methoxy groups -OCH3 is 1. The molecule has 0 amide bonds. The molecule has 0 N–H and O–H groups in total. The van der Waals surface area contributed by atoms with Crippen molar-refractivity contribution < 1.29 is 9.13 Å². The molecule has 0 saturated carbocycles. The zero-order valence-corrected chi connectivity index (χ0v) is 8.48. The summed E-state index contributed by atoms with van der Waals surface area (Å²) in [5, 5.41) is 4.01. The van der Waals surface area contributed by atoms with Crippen molar-refractivity contribution in [2.75, 3.05) is 7.11 Å². The average molecular weight is 208 g/mol. The van der Waals surface area contributed by atoms with Gasteiger partial charge in [-0.05, 0) is 40.1 Å². The third-order valence-corrected chi connectivity index (χ3v) is 2.69. The fourth-order valence-electron chi connectivity index (χ4n) is 1.27. The SMILES string of the molecule is COc1cc(-c2ccsc2)ccc1F. The van der Waals surface area contributed by atoms with Gasteiger partial charge in [-0.15, -0.1) is 0 Å². The molecule has 0 aliphatic carbocycles. The second-order valence-electron chi connectivity index (χ2n) is 2.86. The Hall–Kier alpha value is -1.35. The number of ether oxygens (including phenoxy) is 1. The second-order valence-corrected chi connectivity index (χ2v) is 3.64. The third kappa shape index (κ3) is 1.63. The highest BCUT2D eigenvalue weighted by molar-refractivity contribution is 7.08. The van der Waals surface area contributed by atoms with E-state index in [1.54, 1.807) is 23.5 Å². The Morgan fingerprint density at radius 2 is 2.07 bits per heavy atom. The summed E-state index contributed by atoms with van der Waals surface area (Å²) >= 11 is 1.62. The molecule has 1 aromatic carbocycles. The van der Waals surface area contributed by atoms with Crippen molar-refractivity contribution in [1.29, 1.82) is 0 Å². The van der Waals surface area contributed by atoms with Crippen LogP contribution in [0.25, 0.3) is 11.1 Å². The largest absolute Gasteiger partial charge is 0.494 e. The van der Waals surface area contributed by atoms with E-state index in [0.717, 1.165) is 11.1 Å². The molecule has 0 aliphatic rings. The zero-order valence-electron chi connectivity index (χ0n) is 7.66. The highest BCUT2D eigenvalue weighted by Gasteiger charge is 2.04. The van der Waals surface area contributed by atoms with Gasteiger partial charge < -0.3 is 4.74 Å². The first-order valence-corrected chi connectivity index (χ1v) is 5.11. The lowest BCUT2D eigenvalue weighted by Gasteiger charge is -2.03. The van der Waals surface area contributed by atoms with Crippen molar-refractivity contribution in [2.24, 2.45) is 0 Å². The van der Waals surface area contributed by atoms with E-state index in [0.29, 0.717) is 0 Å². The lowest BCUT2D eigenvalue weighted by Crippen LogP contribution is -1.87. The van der Waals surface area contributed by atoms with Crippen LogP contribution in [0.4, 0.5) is 4.39 Å². The summed E-state index contributed by atoms with van der Waals surface area (Å²) in [6.07, 6.45) is 0. The maximum Gasteiger partial charge on any atom is 0.165 e. The molecule has 2 rings (SSSR count). The van der Waals surface area contributed by atoms with Crippen molar-refractivity contribution in [3.05, 3.63) is 40.8 Å². The summed E-state index contributed by atoms with van der Waals surface area (Å²) in [5.41, 5.74) is 2.07. The Morgan fingerprint density at radius 1 is 1.21 bits per heavy atom. The molecule has 1 nitrogen and oxygen atoms in total. The molecule has 0 fully saturated rings. The van der Waals surface area contributed by atoms with Gasteiger partial charge in [0, 0.05) is 0 Å². The Balaban J connectivity index is 2.46. The number of rotatable bonds is 2. The predicted octanol–water partition coefficient (Wildman–Crippen LogP) is 3.56. The van der Waals surface area contributed by atoms with E-state index in [9.17, 15) is 4.39 Å². The van der Waals surface area contributed by atoms with Gasteiger partial charge in [0.05, 0.1) is 7.11 Å². The first kappa shape index (κ1) is 9.21. The highest BCUT2D eigenvalue weighted by atomic mass is 32.1. The lowest BCUT2D eigenvalue weighted by atomic mass is 10.1. The van der Waals surface area contributed by atoms with Crippen LogP contribution in [0.2, 0.25) is 0 Å². The zero-order chi connectivity index (χ0) is 9.97. The first-order valence-electron chi connectivity index (χ1n) is 4.17. The van der Waals surface area contributed by atoms with Crippen LogP contribution < -0.4 is 4.74 Å². The molecule has 3 heteroatoms. The van der Waals surface area contributed by atoms with E-state index in [-0.39, 0.29) is 11.6 Å².